The SMILES string of the molecule is CCCCCn1nc(C(=O)NNC(=O)c2ccccc2OC)c2ccccc2c1=O. The van der Waals surface area contributed by atoms with E-state index in [1.54, 1.807) is 48.5 Å². The molecule has 0 fully saturated rings. The van der Waals surface area contributed by atoms with Crippen molar-refractivity contribution in [3.8, 4) is 5.75 Å². The van der Waals surface area contributed by atoms with Gasteiger partial charge in [0.05, 0.1) is 18.1 Å². The van der Waals surface area contributed by atoms with Crippen LogP contribution in [-0.2, 0) is 6.54 Å². The number of methoxy groups -OCH3 is 1. The predicted octanol–water partition coefficient (Wildman–Crippen LogP) is 2.67. The van der Waals surface area contributed by atoms with Crippen LogP contribution in [0.5, 0.6) is 5.75 Å². The number of nitrogens with one attached hydrogen (secondary N) is 2. The first-order valence-corrected chi connectivity index (χ1v) is 9.80. The summed E-state index contributed by atoms with van der Waals surface area (Å²) < 4.78 is 6.48. The Morgan fingerprint density at radius 3 is 2.37 bits per heavy atom. The largest absolute Gasteiger partial charge is 0.496 e. The van der Waals surface area contributed by atoms with Crippen LogP contribution >= 0.6 is 0 Å². The molecule has 0 spiro atoms. The van der Waals surface area contributed by atoms with Gasteiger partial charge in [-0.15, -0.1) is 0 Å². The van der Waals surface area contributed by atoms with Gasteiger partial charge in [0.25, 0.3) is 17.4 Å². The average molecular weight is 408 g/mol. The first-order valence-electron chi connectivity index (χ1n) is 9.80. The molecule has 1 aromatic heterocycles. The van der Waals surface area contributed by atoms with Crippen LogP contribution in [0.2, 0.25) is 0 Å². The van der Waals surface area contributed by atoms with Gasteiger partial charge in [-0.25, -0.2) is 4.68 Å². The highest BCUT2D eigenvalue weighted by Crippen LogP contribution is 2.17. The number of ether oxygens (including phenoxy) is 1. The summed E-state index contributed by atoms with van der Waals surface area (Å²) in [7, 11) is 1.46. The van der Waals surface area contributed by atoms with Crippen molar-refractivity contribution in [1.29, 1.82) is 0 Å². The van der Waals surface area contributed by atoms with Crippen LogP contribution in [0.4, 0.5) is 0 Å². The monoisotopic (exact) mass is 408 g/mol. The molecule has 0 bridgehead atoms. The summed E-state index contributed by atoms with van der Waals surface area (Å²) in [5, 5.41) is 5.11. The zero-order valence-electron chi connectivity index (χ0n) is 17.0. The number of hydrogen-bond donors (Lipinski definition) is 2. The van der Waals surface area contributed by atoms with E-state index in [1.165, 1.54) is 11.8 Å². The zero-order chi connectivity index (χ0) is 21.5. The third-order valence-electron chi connectivity index (χ3n) is 4.70. The molecule has 0 aliphatic heterocycles. The summed E-state index contributed by atoms with van der Waals surface area (Å²) in [5.74, 6) is -0.752. The molecule has 0 aliphatic carbocycles. The van der Waals surface area contributed by atoms with Gasteiger partial charge in [-0.3, -0.25) is 25.2 Å². The lowest BCUT2D eigenvalue weighted by atomic mass is 10.1. The van der Waals surface area contributed by atoms with Crippen molar-refractivity contribution in [2.75, 3.05) is 7.11 Å². The van der Waals surface area contributed by atoms with Crippen molar-refractivity contribution < 1.29 is 14.3 Å². The van der Waals surface area contributed by atoms with Gasteiger partial charge in [0.1, 0.15) is 5.75 Å². The Morgan fingerprint density at radius 2 is 1.63 bits per heavy atom. The number of para-hydroxylation sites is 1. The third kappa shape index (κ3) is 4.48. The maximum atomic E-state index is 12.8. The summed E-state index contributed by atoms with van der Waals surface area (Å²) in [6.45, 7) is 2.49. The smallest absolute Gasteiger partial charge is 0.290 e. The van der Waals surface area contributed by atoms with E-state index in [0.717, 1.165) is 19.3 Å². The molecule has 2 aromatic carbocycles. The molecule has 8 heteroatoms. The molecule has 0 atom stereocenters. The topological polar surface area (TPSA) is 102 Å². The van der Waals surface area contributed by atoms with E-state index in [-0.39, 0.29) is 16.8 Å². The summed E-state index contributed by atoms with van der Waals surface area (Å²) in [6.07, 6.45) is 2.75. The van der Waals surface area contributed by atoms with Gasteiger partial charge in [0.2, 0.25) is 0 Å². The van der Waals surface area contributed by atoms with Crippen molar-refractivity contribution in [2.45, 2.75) is 32.7 Å². The highest BCUT2D eigenvalue weighted by atomic mass is 16.5. The number of aromatic nitrogens is 2. The Hall–Kier alpha value is -3.68. The van der Waals surface area contributed by atoms with Gasteiger partial charge in [0, 0.05) is 11.9 Å². The van der Waals surface area contributed by atoms with E-state index in [4.69, 9.17) is 4.74 Å². The van der Waals surface area contributed by atoms with Crippen molar-refractivity contribution in [3.05, 3.63) is 70.1 Å². The lowest BCUT2D eigenvalue weighted by Gasteiger charge is -2.12. The molecule has 3 aromatic rings. The van der Waals surface area contributed by atoms with E-state index < -0.39 is 11.8 Å². The standard InChI is InChI=1S/C22H24N4O4/c1-3-4-9-14-26-22(29)16-11-6-5-10-15(16)19(25-26)21(28)24-23-20(27)17-12-7-8-13-18(17)30-2/h5-8,10-13H,3-4,9,14H2,1-2H3,(H,23,27)(H,24,28). The minimum absolute atomic E-state index is 0.0713. The van der Waals surface area contributed by atoms with Crippen LogP contribution in [0.15, 0.2) is 53.3 Å². The average Bonchev–Trinajstić information content (AvgIpc) is 2.78. The van der Waals surface area contributed by atoms with Crippen LogP contribution in [-0.4, -0.2) is 28.7 Å². The summed E-state index contributed by atoms with van der Waals surface area (Å²) >= 11 is 0. The second-order valence-electron chi connectivity index (χ2n) is 6.74. The van der Waals surface area contributed by atoms with Crippen molar-refractivity contribution in [1.82, 2.24) is 20.6 Å². The van der Waals surface area contributed by atoms with Gasteiger partial charge < -0.3 is 4.74 Å². The predicted molar refractivity (Wildman–Crippen MR) is 113 cm³/mol. The maximum absolute atomic E-state index is 12.8. The number of hydrogen-bond acceptors (Lipinski definition) is 5. The van der Waals surface area contributed by atoms with E-state index >= 15 is 0 Å². The minimum atomic E-state index is -0.612. The Kier molecular flexibility index (Phi) is 6.79. The Bertz CT molecular complexity index is 1120. The second kappa shape index (κ2) is 9.69. The quantitative estimate of drug-likeness (QED) is 0.462. The third-order valence-corrected chi connectivity index (χ3v) is 4.70. The molecule has 0 unspecified atom stereocenters. The zero-order valence-corrected chi connectivity index (χ0v) is 17.0. The summed E-state index contributed by atoms with van der Waals surface area (Å²) in [6, 6.07) is 13.5. The van der Waals surface area contributed by atoms with Crippen molar-refractivity contribution in [3.63, 3.8) is 0 Å². The molecule has 0 saturated heterocycles. The van der Waals surface area contributed by atoms with Crippen molar-refractivity contribution in [2.24, 2.45) is 0 Å². The Morgan fingerprint density at radius 1 is 0.967 bits per heavy atom. The molecular weight excluding hydrogens is 384 g/mol. The van der Waals surface area contributed by atoms with E-state index in [1.807, 2.05) is 0 Å². The molecule has 0 saturated carbocycles. The number of carbonyl (C=O) groups excluding carboxylic acids is 2. The number of aryl methyl sites for hydroxylation is 1. The number of fused-ring (bicyclic) bond motifs is 1. The fourth-order valence-electron chi connectivity index (χ4n) is 3.14. The highest BCUT2D eigenvalue weighted by Gasteiger charge is 2.18. The Labute approximate surface area is 173 Å². The highest BCUT2D eigenvalue weighted by molar-refractivity contribution is 6.06. The minimum Gasteiger partial charge on any atom is -0.496 e. The van der Waals surface area contributed by atoms with E-state index in [2.05, 4.69) is 22.9 Å². The molecule has 3 rings (SSSR count). The fourth-order valence-corrected chi connectivity index (χ4v) is 3.14. The maximum Gasteiger partial charge on any atom is 0.290 e. The number of hydrazine groups is 1. The molecule has 156 valence electrons. The van der Waals surface area contributed by atoms with Gasteiger partial charge >= 0.3 is 0 Å². The van der Waals surface area contributed by atoms with E-state index in [9.17, 15) is 14.4 Å². The van der Waals surface area contributed by atoms with Crippen LogP contribution in [0.3, 0.4) is 0 Å². The molecule has 2 amide bonds. The molecular formula is C22H24N4O4. The number of benzene rings is 2. The van der Waals surface area contributed by atoms with Crippen LogP contribution in [0.25, 0.3) is 10.8 Å². The van der Waals surface area contributed by atoms with Gasteiger partial charge in [0.15, 0.2) is 5.69 Å². The number of amides is 2. The van der Waals surface area contributed by atoms with Crippen LogP contribution < -0.4 is 21.1 Å². The van der Waals surface area contributed by atoms with Gasteiger partial charge in [-0.2, -0.15) is 5.10 Å². The number of nitrogens with zero attached hydrogens (tertiary/aromatic N) is 2. The fraction of sp³-hybridized carbons (Fsp3) is 0.273. The first-order chi connectivity index (χ1) is 14.6. The number of carbonyl (C=O) groups is 2. The second-order valence-corrected chi connectivity index (χ2v) is 6.74. The molecule has 0 radical (unpaired) electrons. The normalized spacial score (nSPS) is 10.6. The summed E-state index contributed by atoms with van der Waals surface area (Å²) in [4.78, 5) is 37.9. The molecule has 1 heterocycles. The van der Waals surface area contributed by atoms with Crippen LogP contribution in [0, 0.1) is 0 Å². The van der Waals surface area contributed by atoms with Gasteiger partial charge in [-0.05, 0) is 24.6 Å². The van der Waals surface area contributed by atoms with E-state index in [0.29, 0.717) is 23.1 Å². The molecule has 2 N–H and O–H groups in total. The number of unbranched alkanes of at least 4 members (excludes halogenated alkanes) is 2. The molecule has 8 nitrogen and oxygen atoms in total. The Balaban J connectivity index is 1.86. The van der Waals surface area contributed by atoms with Crippen LogP contribution in [0.1, 0.15) is 47.0 Å². The van der Waals surface area contributed by atoms with Crippen molar-refractivity contribution >= 4 is 22.6 Å². The molecule has 30 heavy (non-hydrogen) atoms. The van der Waals surface area contributed by atoms with Gasteiger partial charge in [-0.1, -0.05) is 50.1 Å². The first kappa shape index (κ1) is 21.0. The number of rotatable bonds is 7. The lowest BCUT2D eigenvalue weighted by molar-refractivity contribution is 0.0842. The molecule has 0 aliphatic rings. The summed E-state index contributed by atoms with van der Waals surface area (Å²) in [5.41, 5.74) is 4.87. The lowest BCUT2D eigenvalue weighted by Crippen LogP contribution is -2.43.